The second kappa shape index (κ2) is 6.35. The number of hydrogen-bond acceptors (Lipinski definition) is 3. The Morgan fingerprint density at radius 3 is 2.53 bits per heavy atom. The standard InChI is InChI=1S/C15H18N2O2/c1-19-14-7-10-17(11-8-14)15(18)13-4-2-12(3-5-13)6-9-16/h2-5,14H,6-8,10-11H2,1H3. The monoisotopic (exact) mass is 258 g/mol. The van der Waals surface area contributed by atoms with Crippen molar-refractivity contribution in [2.45, 2.75) is 25.4 Å². The zero-order valence-electron chi connectivity index (χ0n) is 11.1. The summed E-state index contributed by atoms with van der Waals surface area (Å²) in [6.45, 7) is 1.49. The van der Waals surface area contributed by atoms with E-state index < -0.39 is 0 Å². The quantitative estimate of drug-likeness (QED) is 0.833. The van der Waals surface area contributed by atoms with Crippen LogP contribution in [0.1, 0.15) is 28.8 Å². The Hall–Kier alpha value is -1.86. The van der Waals surface area contributed by atoms with Gasteiger partial charge >= 0.3 is 0 Å². The minimum atomic E-state index is 0.0676. The molecule has 1 aromatic rings. The number of amides is 1. The lowest BCUT2D eigenvalue weighted by Crippen LogP contribution is -2.40. The van der Waals surface area contributed by atoms with E-state index in [4.69, 9.17) is 10.00 Å². The average Bonchev–Trinajstić information content (AvgIpc) is 2.48. The highest BCUT2D eigenvalue weighted by Crippen LogP contribution is 2.16. The molecule has 1 aliphatic rings. The number of benzene rings is 1. The zero-order valence-corrected chi connectivity index (χ0v) is 11.1. The van der Waals surface area contributed by atoms with Crippen LogP contribution in [0.4, 0.5) is 0 Å². The Balaban J connectivity index is 1.98. The van der Waals surface area contributed by atoms with Crippen LogP contribution in [0.3, 0.4) is 0 Å². The van der Waals surface area contributed by atoms with E-state index in [9.17, 15) is 4.79 Å². The predicted octanol–water partition coefficient (Wildman–Crippen LogP) is 2.00. The van der Waals surface area contributed by atoms with Crippen molar-refractivity contribution in [2.24, 2.45) is 0 Å². The van der Waals surface area contributed by atoms with E-state index in [1.54, 1.807) is 19.2 Å². The molecule has 1 aromatic carbocycles. The van der Waals surface area contributed by atoms with Crippen molar-refractivity contribution in [3.05, 3.63) is 35.4 Å². The normalized spacial score (nSPS) is 16.1. The molecular formula is C15H18N2O2. The van der Waals surface area contributed by atoms with Crippen LogP contribution >= 0.6 is 0 Å². The van der Waals surface area contributed by atoms with Crippen LogP contribution in [0.15, 0.2) is 24.3 Å². The number of ether oxygens (including phenoxy) is 1. The van der Waals surface area contributed by atoms with Gasteiger partial charge in [-0.2, -0.15) is 5.26 Å². The Labute approximate surface area is 113 Å². The summed E-state index contributed by atoms with van der Waals surface area (Å²) in [5, 5.41) is 8.61. The SMILES string of the molecule is COC1CCN(C(=O)c2ccc(CC#N)cc2)CC1. The fourth-order valence-corrected chi connectivity index (χ4v) is 2.33. The summed E-state index contributed by atoms with van der Waals surface area (Å²) in [6, 6.07) is 9.40. The highest BCUT2D eigenvalue weighted by molar-refractivity contribution is 5.94. The lowest BCUT2D eigenvalue weighted by atomic mass is 10.0. The summed E-state index contributed by atoms with van der Waals surface area (Å²) in [5.74, 6) is 0.0676. The molecule has 0 N–H and O–H groups in total. The number of nitrogens with zero attached hydrogens (tertiary/aromatic N) is 2. The van der Waals surface area contributed by atoms with Crippen LogP contribution in [0.5, 0.6) is 0 Å². The lowest BCUT2D eigenvalue weighted by Gasteiger charge is -2.31. The number of carbonyl (C=O) groups is 1. The van der Waals surface area contributed by atoms with E-state index in [0.717, 1.165) is 31.5 Å². The van der Waals surface area contributed by atoms with Crippen LogP contribution in [0.2, 0.25) is 0 Å². The molecule has 0 spiro atoms. The van der Waals surface area contributed by atoms with Gasteiger partial charge in [-0.3, -0.25) is 4.79 Å². The molecule has 19 heavy (non-hydrogen) atoms. The molecule has 0 bridgehead atoms. The molecule has 100 valence electrons. The average molecular weight is 258 g/mol. The topological polar surface area (TPSA) is 53.3 Å². The van der Waals surface area contributed by atoms with Gasteiger partial charge in [0.15, 0.2) is 0 Å². The highest BCUT2D eigenvalue weighted by Gasteiger charge is 2.23. The van der Waals surface area contributed by atoms with Crippen LogP contribution in [0, 0.1) is 11.3 Å². The summed E-state index contributed by atoms with van der Waals surface area (Å²) < 4.78 is 5.30. The molecule has 1 aliphatic heterocycles. The second-order valence-corrected chi connectivity index (χ2v) is 4.76. The first kappa shape index (κ1) is 13.6. The van der Waals surface area contributed by atoms with Gasteiger partial charge in [-0.25, -0.2) is 0 Å². The van der Waals surface area contributed by atoms with Gasteiger partial charge in [0.2, 0.25) is 0 Å². The van der Waals surface area contributed by atoms with Crippen molar-refractivity contribution in [3.8, 4) is 6.07 Å². The maximum Gasteiger partial charge on any atom is 0.253 e. The van der Waals surface area contributed by atoms with Crippen LogP contribution in [-0.2, 0) is 11.2 Å². The molecule has 4 heteroatoms. The first-order chi connectivity index (χ1) is 9.24. The zero-order chi connectivity index (χ0) is 13.7. The number of hydrogen-bond donors (Lipinski definition) is 0. The van der Waals surface area contributed by atoms with Crippen molar-refractivity contribution >= 4 is 5.91 Å². The van der Waals surface area contributed by atoms with Gasteiger partial charge in [-0.05, 0) is 30.5 Å². The summed E-state index contributed by atoms with van der Waals surface area (Å²) in [6.07, 6.45) is 2.46. The van der Waals surface area contributed by atoms with Gasteiger partial charge in [-0.1, -0.05) is 12.1 Å². The maximum atomic E-state index is 12.3. The minimum absolute atomic E-state index is 0.0676. The van der Waals surface area contributed by atoms with Gasteiger partial charge in [0.25, 0.3) is 5.91 Å². The third-order valence-electron chi connectivity index (χ3n) is 3.55. The van der Waals surface area contributed by atoms with Gasteiger partial charge in [-0.15, -0.1) is 0 Å². The summed E-state index contributed by atoms with van der Waals surface area (Å²) in [7, 11) is 1.72. The molecule has 1 fully saturated rings. The fraction of sp³-hybridized carbons (Fsp3) is 0.467. The molecule has 0 saturated carbocycles. The number of methoxy groups -OCH3 is 1. The fourth-order valence-electron chi connectivity index (χ4n) is 2.33. The molecule has 0 atom stereocenters. The van der Waals surface area contributed by atoms with E-state index in [2.05, 4.69) is 6.07 Å². The number of likely N-dealkylation sites (tertiary alicyclic amines) is 1. The Kier molecular flexibility index (Phi) is 4.53. The predicted molar refractivity (Wildman–Crippen MR) is 71.7 cm³/mol. The number of rotatable bonds is 3. The molecule has 0 aromatic heterocycles. The molecule has 1 amide bonds. The van der Waals surface area contributed by atoms with Gasteiger partial charge in [0, 0.05) is 25.8 Å². The van der Waals surface area contributed by atoms with E-state index in [1.165, 1.54) is 0 Å². The molecular weight excluding hydrogens is 240 g/mol. The molecule has 0 unspecified atom stereocenters. The van der Waals surface area contributed by atoms with Gasteiger partial charge < -0.3 is 9.64 Å². The van der Waals surface area contributed by atoms with Crippen molar-refractivity contribution in [1.82, 2.24) is 4.90 Å². The summed E-state index contributed by atoms with van der Waals surface area (Å²) >= 11 is 0. The van der Waals surface area contributed by atoms with Gasteiger partial charge in [0.05, 0.1) is 18.6 Å². The summed E-state index contributed by atoms with van der Waals surface area (Å²) in [5.41, 5.74) is 1.63. The van der Waals surface area contributed by atoms with E-state index >= 15 is 0 Å². The highest BCUT2D eigenvalue weighted by atomic mass is 16.5. The van der Waals surface area contributed by atoms with Crippen molar-refractivity contribution in [3.63, 3.8) is 0 Å². The lowest BCUT2D eigenvalue weighted by molar-refractivity contribution is 0.0351. The Morgan fingerprint density at radius 1 is 1.37 bits per heavy atom. The Bertz CT molecular complexity index is 468. The molecule has 4 nitrogen and oxygen atoms in total. The maximum absolute atomic E-state index is 12.3. The molecule has 1 saturated heterocycles. The van der Waals surface area contributed by atoms with Crippen LogP contribution in [0.25, 0.3) is 0 Å². The molecule has 1 heterocycles. The smallest absolute Gasteiger partial charge is 0.253 e. The molecule has 0 aliphatic carbocycles. The third kappa shape index (κ3) is 3.33. The largest absolute Gasteiger partial charge is 0.381 e. The summed E-state index contributed by atoms with van der Waals surface area (Å²) in [4.78, 5) is 14.2. The van der Waals surface area contributed by atoms with Crippen LogP contribution in [-0.4, -0.2) is 37.1 Å². The van der Waals surface area contributed by atoms with E-state index in [-0.39, 0.29) is 12.0 Å². The number of carbonyl (C=O) groups excluding carboxylic acids is 1. The molecule has 2 rings (SSSR count). The first-order valence-corrected chi connectivity index (χ1v) is 6.52. The van der Waals surface area contributed by atoms with Crippen LogP contribution < -0.4 is 0 Å². The first-order valence-electron chi connectivity index (χ1n) is 6.52. The number of nitriles is 1. The minimum Gasteiger partial charge on any atom is -0.381 e. The molecule has 0 radical (unpaired) electrons. The Morgan fingerprint density at radius 2 is 2.00 bits per heavy atom. The van der Waals surface area contributed by atoms with Gasteiger partial charge in [0.1, 0.15) is 0 Å². The van der Waals surface area contributed by atoms with Crippen molar-refractivity contribution in [2.75, 3.05) is 20.2 Å². The van der Waals surface area contributed by atoms with Crippen molar-refractivity contribution in [1.29, 1.82) is 5.26 Å². The van der Waals surface area contributed by atoms with E-state index in [1.807, 2.05) is 17.0 Å². The second-order valence-electron chi connectivity index (χ2n) is 4.76. The third-order valence-corrected chi connectivity index (χ3v) is 3.55. The van der Waals surface area contributed by atoms with E-state index in [0.29, 0.717) is 12.0 Å². The number of piperidine rings is 1. The van der Waals surface area contributed by atoms with Crippen molar-refractivity contribution < 1.29 is 9.53 Å².